The number of nitrogens with zero attached hydrogens (tertiary/aromatic N) is 4. The van der Waals surface area contributed by atoms with Crippen LogP contribution >= 0.6 is 0 Å². The lowest BCUT2D eigenvalue weighted by Gasteiger charge is -2.23. The molecule has 1 rings (SSSR count). The van der Waals surface area contributed by atoms with Crippen LogP contribution in [0.5, 0.6) is 0 Å². The molecule has 0 fully saturated rings. The van der Waals surface area contributed by atoms with Crippen LogP contribution in [0.1, 0.15) is 33.4 Å². The molecule has 20 heavy (non-hydrogen) atoms. The van der Waals surface area contributed by atoms with E-state index < -0.39 is 0 Å². The zero-order valence-electron chi connectivity index (χ0n) is 13.0. The predicted molar refractivity (Wildman–Crippen MR) is 80.1 cm³/mol. The van der Waals surface area contributed by atoms with Crippen molar-refractivity contribution in [3.05, 3.63) is 15.8 Å². The van der Waals surface area contributed by atoms with Crippen molar-refractivity contribution in [2.45, 2.75) is 40.2 Å². The first kappa shape index (κ1) is 16.4. The third-order valence-electron chi connectivity index (χ3n) is 3.42. The van der Waals surface area contributed by atoms with Crippen molar-refractivity contribution in [2.75, 3.05) is 25.0 Å². The van der Waals surface area contributed by atoms with Gasteiger partial charge in [-0.1, -0.05) is 20.8 Å². The summed E-state index contributed by atoms with van der Waals surface area (Å²) in [5.74, 6) is 0.492. The SMILES string of the molecule is CCc1nn(C)c(NC(C)CN(CC)CC)c1[N+](=O)[O-]. The molecule has 7 heteroatoms. The quantitative estimate of drug-likeness (QED) is 0.583. The molecule has 0 amide bonds. The topological polar surface area (TPSA) is 76.2 Å². The average Bonchev–Trinajstić information content (AvgIpc) is 2.72. The summed E-state index contributed by atoms with van der Waals surface area (Å²) in [5.41, 5.74) is 0.622. The predicted octanol–water partition coefficient (Wildman–Crippen LogP) is 2.03. The van der Waals surface area contributed by atoms with E-state index in [1.54, 1.807) is 11.7 Å². The van der Waals surface area contributed by atoms with Crippen LogP contribution in [-0.2, 0) is 13.5 Å². The van der Waals surface area contributed by atoms with Crippen LogP contribution < -0.4 is 5.32 Å². The van der Waals surface area contributed by atoms with Gasteiger partial charge in [0.25, 0.3) is 0 Å². The molecule has 1 aromatic heterocycles. The molecular weight excluding hydrogens is 258 g/mol. The Hall–Kier alpha value is -1.63. The van der Waals surface area contributed by atoms with E-state index in [4.69, 9.17) is 0 Å². The van der Waals surface area contributed by atoms with Crippen LogP contribution in [0.4, 0.5) is 11.5 Å². The number of nitrogens with one attached hydrogen (secondary N) is 1. The molecule has 0 radical (unpaired) electrons. The smallest absolute Gasteiger partial charge is 0.333 e. The summed E-state index contributed by atoms with van der Waals surface area (Å²) in [4.78, 5) is 13.2. The monoisotopic (exact) mass is 283 g/mol. The summed E-state index contributed by atoms with van der Waals surface area (Å²) in [6.45, 7) is 10.9. The molecule has 0 aliphatic rings. The fraction of sp³-hybridized carbons (Fsp3) is 0.769. The molecule has 0 spiro atoms. The Bertz CT molecular complexity index is 454. The highest BCUT2D eigenvalue weighted by Crippen LogP contribution is 2.28. The van der Waals surface area contributed by atoms with Gasteiger partial charge in [-0.15, -0.1) is 0 Å². The highest BCUT2D eigenvalue weighted by Gasteiger charge is 2.26. The van der Waals surface area contributed by atoms with Crippen LogP contribution in [0.3, 0.4) is 0 Å². The lowest BCUT2D eigenvalue weighted by Crippen LogP contribution is -2.35. The van der Waals surface area contributed by atoms with Crippen molar-refractivity contribution in [3.8, 4) is 0 Å². The van der Waals surface area contributed by atoms with Crippen LogP contribution in [0.15, 0.2) is 0 Å². The first-order valence-electron chi connectivity index (χ1n) is 7.13. The number of aryl methyl sites for hydroxylation is 2. The fourth-order valence-corrected chi connectivity index (χ4v) is 2.31. The molecule has 114 valence electrons. The number of hydrogen-bond donors (Lipinski definition) is 1. The second kappa shape index (κ2) is 7.23. The number of aromatic nitrogens is 2. The Balaban J connectivity index is 2.91. The molecule has 1 atom stereocenters. The van der Waals surface area contributed by atoms with Crippen molar-refractivity contribution in [1.29, 1.82) is 0 Å². The highest BCUT2D eigenvalue weighted by molar-refractivity contribution is 5.60. The van der Waals surface area contributed by atoms with Gasteiger partial charge in [-0.3, -0.25) is 10.1 Å². The first-order valence-corrected chi connectivity index (χ1v) is 7.13. The zero-order valence-corrected chi connectivity index (χ0v) is 13.0. The lowest BCUT2D eigenvalue weighted by atomic mass is 10.2. The van der Waals surface area contributed by atoms with E-state index in [9.17, 15) is 10.1 Å². The van der Waals surface area contributed by atoms with E-state index in [2.05, 4.69) is 29.2 Å². The number of likely N-dealkylation sites (N-methyl/N-ethyl adjacent to an activating group) is 1. The molecule has 0 aliphatic heterocycles. The maximum atomic E-state index is 11.2. The van der Waals surface area contributed by atoms with Gasteiger partial charge in [0.1, 0.15) is 5.69 Å². The van der Waals surface area contributed by atoms with Crippen molar-refractivity contribution in [3.63, 3.8) is 0 Å². The van der Waals surface area contributed by atoms with Gasteiger partial charge in [0, 0.05) is 19.6 Å². The van der Waals surface area contributed by atoms with Crippen molar-refractivity contribution in [1.82, 2.24) is 14.7 Å². The molecule has 1 unspecified atom stereocenters. The normalized spacial score (nSPS) is 12.7. The lowest BCUT2D eigenvalue weighted by molar-refractivity contribution is -0.384. The highest BCUT2D eigenvalue weighted by atomic mass is 16.6. The standard InChI is InChI=1S/C13H25N5O2/c1-6-11-12(18(19)20)13(16(5)15-11)14-10(4)9-17(7-2)8-3/h10,14H,6-9H2,1-5H3. The Labute approximate surface area is 120 Å². The van der Waals surface area contributed by atoms with Gasteiger partial charge in [-0.25, -0.2) is 4.68 Å². The fourth-order valence-electron chi connectivity index (χ4n) is 2.31. The van der Waals surface area contributed by atoms with Gasteiger partial charge in [0.15, 0.2) is 0 Å². The average molecular weight is 283 g/mol. The summed E-state index contributed by atoms with van der Waals surface area (Å²) < 4.78 is 1.57. The molecule has 0 aliphatic carbocycles. The van der Waals surface area contributed by atoms with Gasteiger partial charge in [0.2, 0.25) is 5.82 Å². The minimum Gasteiger partial charge on any atom is -0.361 e. The zero-order chi connectivity index (χ0) is 15.3. The summed E-state index contributed by atoms with van der Waals surface area (Å²) in [6.07, 6.45) is 0.552. The Morgan fingerprint density at radius 1 is 1.40 bits per heavy atom. The molecule has 1 heterocycles. The van der Waals surface area contributed by atoms with Gasteiger partial charge >= 0.3 is 5.69 Å². The summed E-state index contributed by atoms with van der Waals surface area (Å²) in [5, 5.41) is 18.7. The van der Waals surface area contributed by atoms with Crippen molar-refractivity contribution < 1.29 is 4.92 Å². The molecule has 1 aromatic rings. The van der Waals surface area contributed by atoms with Crippen molar-refractivity contribution >= 4 is 11.5 Å². The minimum absolute atomic E-state index is 0.0985. The Morgan fingerprint density at radius 2 is 2.00 bits per heavy atom. The molecule has 0 bridgehead atoms. The Kier molecular flexibility index (Phi) is 5.94. The molecule has 7 nitrogen and oxygen atoms in total. The van der Waals surface area contributed by atoms with E-state index in [-0.39, 0.29) is 16.7 Å². The van der Waals surface area contributed by atoms with Gasteiger partial charge < -0.3 is 10.2 Å². The number of anilines is 1. The summed E-state index contributed by atoms with van der Waals surface area (Å²) >= 11 is 0. The third-order valence-corrected chi connectivity index (χ3v) is 3.42. The van der Waals surface area contributed by atoms with Gasteiger partial charge in [-0.05, 0) is 26.4 Å². The van der Waals surface area contributed by atoms with Crippen LogP contribution in [0.25, 0.3) is 0 Å². The maximum absolute atomic E-state index is 11.2. The molecular formula is C13H25N5O2. The second-order valence-corrected chi connectivity index (χ2v) is 4.91. The van der Waals surface area contributed by atoms with Crippen molar-refractivity contribution in [2.24, 2.45) is 7.05 Å². The first-order chi connectivity index (χ1) is 9.44. The minimum atomic E-state index is -0.349. The van der Waals surface area contributed by atoms with E-state index in [0.717, 1.165) is 19.6 Å². The largest absolute Gasteiger partial charge is 0.361 e. The van der Waals surface area contributed by atoms with Crippen LogP contribution in [0, 0.1) is 10.1 Å². The maximum Gasteiger partial charge on any atom is 0.333 e. The van der Waals surface area contributed by atoms with Crippen LogP contribution in [-0.4, -0.2) is 45.3 Å². The summed E-state index contributed by atoms with van der Waals surface area (Å²) in [7, 11) is 1.73. The van der Waals surface area contributed by atoms with Crippen LogP contribution in [0.2, 0.25) is 0 Å². The Morgan fingerprint density at radius 3 is 2.45 bits per heavy atom. The number of rotatable bonds is 8. The van der Waals surface area contributed by atoms with E-state index in [1.807, 2.05) is 13.8 Å². The van der Waals surface area contributed by atoms with Gasteiger partial charge in [0.05, 0.1) is 4.92 Å². The molecule has 0 saturated heterocycles. The molecule has 1 N–H and O–H groups in total. The second-order valence-electron chi connectivity index (χ2n) is 4.91. The van der Waals surface area contributed by atoms with E-state index in [1.165, 1.54) is 0 Å². The van der Waals surface area contributed by atoms with E-state index >= 15 is 0 Å². The number of hydrogen-bond acceptors (Lipinski definition) is 5. The summed E-state index contributed by atoms with van der Waals surface area (Å²) in [6, 6.07) is 0.119. The number of nitro groups is 1. The third kappa shape index (κ3) is 3.69. The van der Waals surface area contributed by atoms with Gasteiger partial charge in [-0.2, -0.15) is 5.10 Å². The molecule has 0 saturated carbocycles. The molecule has 0 aromatic carbocycles. The van der Waals surface area contributed by atoms with E-state index in [0.29, 0.717) is 17.9 Å².